The first kappa shape index (κ1) is 17.7. The summed E-state index contributed by atoms with van der Waals surface area (Å²) in [5.41, 5.74) is 0.742. The summed E-state index contributed by atoms with van der Waals surface area (Å²) < 4.78 is 36.4. The van der Waals surface area contributed by atoms with Gasteiger partial charge in [-0.05, 0) is 6.07 Å². The Kier molecular flexibility index (Phi) is 6.00. The predicted octanol–water partition coefficient (Wildman–Crippen LogP) is 1.45. The SMILES string of the molecule is COc1cc(S(=O)(=O)N(C)C)cc(CNC(C)C)c1OC. The molecule has 1 aromatic carbocycles. The highest BCUT2D eigenvalue weighted by Gasteiger charge is 2.22. The van der Waals surface area contributed by atoms with Crippen molar-refractivity contribution in [3.05, 3.63) is 17.7 Å². The molecule has 7 heteroatoms. The summed E-state index contributed by atoms with van der Waals surface area (Å²) in [5, 5.41) is 3.25. The predicted molar refractivity (Wildman–Crippen MR) is 82.4 cm³/mol. The van der Waals surface area contributed by atoms with Gasteiger partial charge in [0.1, 0.15) is 0 Å². The van der Waals surface area contributed by atoms with Crippen molar-refractivity contribution in [1.29, 1.82) is 0 Å². The maximum absolute atomic E-state index is 12.3. The standard InChI is InChI=1S/C14H24N2O4S/c1-10(2)15-9-11-7-12(21(17,18)16(3)4)8-13(19-5)14(11)20-6/h7-8,10,15H,9H2,1-6H3. The Bertz CT molecular complexity index is 583. The Morgan fingerprint density at radius 3 is 2.24 bits per heavy atom. The van der Waals surface area contributed by atoms with Crippen molar-refractivity contribution in [1.82, 2.24) is 9.62 Å². The van der Waals surface area contributed by atoms with Crippen molar-refractivity contribution in [2.24, 2.45) is 0 Å². The van der Waals surface area contributed by atoms with Crippen molar-refractivity contribution < 1.29 is 17.9 Å². The molecule has 0 amide bonds. The first-order valence-corrected chi connectivity index (χ1v) is 8.08. The minimum absolute atomic E-state index is 0.186. The minimum atomic E-state index is -3.53. The van der Waals surface area contributed by atoms with Gasteiger partial charge < -0.3 is 14.8 Å². The largest absolute Gasteiger partial charge is 0.493 e. The fourth-order valence-corrected chi connectivity index (χ4v) is 2.79. The molecule has 0 fully saturated rings. The lowest BCUT2D eigenvalue weighted by atomic mass is 10.1. The zero-order valence-corrected chi connectivity index (χ0v) is 14.2. The molecule has 0 saturated heterocycles. The van der Waals surface area contributed by atoms with Crippen LogP contribution in [0.1, 0.15) is 19.4 Å². The third-order valence-electron chi connectivity index (χ3n) is 3.01. The second-order valence-corrected chi connectivity index (χ2v) is 7.29. The Morgan fingerprint density at radius 2 is 1.81 bits per heavy atom. The smallest absolute Gasteiger partial charge is 0.242 e. The number of methoxy groups -OCH3 is 2. The van der Waals surface area contributed by atoms with E-state index in [1.807, 2.05) is 13.8 Å². The maximum Gasteiger partial charge on any atom is 0.242 e. The summed E-state index contributed by atoms with van der Waals surface area (Å²) in [4.78, 5) is 0.186. The first-order valence-electron chi connectivity index (χ1n) is 6.64. The number of ether oxygens (including phenoxy) is 2. The molecule has 0 unspecified atom stereocenters. The van der Waals surface area contributed by atoms with Crippen molar-refractivity contribution in [3.63, 3.8) is 0 Å². The van der Waals surface area contributed by atoms with Gasteiger partial charge in [0, 0.05) is 38.3 Å². The molecule has 0 aliphatic rings. The van der Waals surface area contributed by atoms with E-state index in [9.17, 15) is 8.42 Å². The van der Waals surface area contributed by atoms with Gasteiger partial charge in [-0.1, -0.05) is 13.8 Å². The average molecular weight is 316 g/mol. The number of hydrogen-bond acceptors (Lipinski definition) is 5. The second kappa shape index (κ2) is 7.11. The zero-order valence-electron chi connectivity index (χ0n) is 13.4. The van der Waals surface area contributed by atoms with Gasteiger partial charge in [-0.25, -0.2) is 12.7 Å². The van der Waals surface area contributed by atoms with Crippen molar-refractivity contribution in [2.45, 2.75) is 31.3 Å². The minimum Gasteiger partial charge on any atom is -0.493 e. The van der Waals surface area contributed by atoms with E-state index in [0.717, 1.165) is 5.56 Å². The lowest BCUT2D eigenvalue weighted by Crippen LogP contribution is -2.24. The third-order valence-corrected chi connectivity index (χ3v) is 4.80. The Labute approximate surface area is 127 Å². The van der Waals surface area contributed by atoms with Gasteiger partial charge in [0.25, 0.3) is 0 Å². The summed E-state index contributed by atoms with van der Waals surface area (Å²) in [6.45, 7) is 4.53. The van der Waals surface area contributed by atoms with Crippen molar-refractivity contribution >= 4 is 10.0 Å². The molecule has 0 radical (unpaired) electrons. The van der Waals surface area contributed by atoms with Crippen LogP contribution < -0.4 is 14.8 Å². The van der Waals surface area contributed by atoms with E-state index in [1.165, 1.54) is 38.7 Å². The molecule has 1 rings (SSSR count). The van der Waals surface area contributed by atoms with Gasteiger partial charge >= 0.3 is 0 Å². The second-order valence-electron chi connectivity index (χ2n) is 5.14. The number of hydrogen-bond donors (Lipinski definition) is 1. The van der Waals surface area contributed by atoms with Crippen molar-refractivity contribution in [3.8, 4) is 11.5 Å². The van der Waals surface area contributed by atoms with E-state index in [4.69, 9.17) is 9.47 Å². The maximum atomic E-state index is 12.3. The summed E-state index contributed by atoms with van der Waals surface area (Å²) in [5.74, 6) is 0.948. The topological polar surface area (TPSA) is 67.9 Å². The molecular weight excluding hydrogens is 292 g/mol. The molecule has 120 valence electrons. The Balaban J connectivity index is 3.40. The van der Waals surface area contributed by atoms with E-state index in [0.29, 0.717) is 18.0 Å². The van der Waals surface area contributed by atoms with Gasteiger partial charge in [0.15, 0.2) is 11.5 Å². The number of nitrogens with one attached hydrogen (secondary N) is 1. The van der Waals surface area contributed by atoms with Crippen LogP contribution in [0.25, 0.3) is 0 Å². The van der Waals surface area contributed by atoms with Gasteiger partial charge in [0.05, 0.1) is 19.1 Å². The third kappa shape index (κ3) is 4.09. The quantitative estimate of drug-likeness (QED) is 0.825. The molecule has 0 aromatic heterocycles. The lowest BCUT2D eigenvalue weighted by Gasteiger charge is -2.18. The van der Waals surface area contributed by atoms with Gasteiger partial charge in [-0.2, -0.15) is 0 Å². The van der Waals surface area contributed by atoms with Crippen LogP contribution in [0.4, 0.5) is 0 Å². The molecule has 0 atom stereocenters. The van der Waals surface area contributed by atoms with Crippen LogP contribution in [-0.2, 0) is 16.6 Å². The normalized spacial score (nSPS) is 12.0. The lowest BCUT2D eigenvalue weighted by molar-refractivity contribution is 0.348. The van der Waals surface area contributed by atoms with Gasteiger partial charge in [-0.15, -0.1) is 0 Å². The molecule has 0 aliphatic heterocycles. The van der Waals surface area contributed by atoms with Crippen LogP contribution in [0.3, 0.4) is 0 Å². The van der Waals surface area contributed by atoms with Crippen LogP contribution in [0.2, 0.25) is 0 Å². The number of rotatable bonds is 7. The van der Waals surface area contributed by atoms with Crippen LogP contribution in [0.5, 0.6) is 11.5 Å². The Morgan fingerprint density at radius 1 is 1.19 bits per heavy atom. The molecule has 0 bridgehead atoms. The molecule has 0 saturated carbocycles. The van der Waals surface area contributed by atoms with Gasteiger partial charge in [0.2, 0.25) is 10.0 Å². The highest BCUT2D eigenvalue weighted by atomic mass is 32.2. The van der Waals surface area contributed by atoms with Crippen molar-refractivity contribution in [2.75, 3.05) is 28.3 Å². The summed E-state index contributed by atoms with van der Waals surface area (Å²) >= 11 is 0. The fourth-order valence-electron chi connectivity index (χ4n) is 1.82. The summed E-state index contributed by atoms with van der Waals surface area (Å²) in [6.07, 6.45) is 0. The fraction of sp³-hybridized carbons (Fsp3) is 0.571. The number of nitrogens with zero attached hydrogens (tertiary/aromatic N) is 1. The van der Waals surface area contributed by atoms with E-state index in [2.05, 4.69) is 5.32 Å². The highest BCUT2D eigenvalue weighted by molar-refractivity contribution is 7.89. The van der Waals surface area contributed by atoms with E-state index < -0.39 is 10.0 Å². The van der Waals surface area contributed by atoms with Crippen LogP contribution in [0.15, 0.2) is 17.0 Å². The summed E-state index contributed by atoms with van der Waals surface area (Å²) in [6, 6.07) is 3.37. The first-order chi connectivity index (χ1) is 9.73. The van der Waals surface area contributed by atoms with Gasteiger partial charge in [-0.3, -0.25) is 0 Å². The molecular formula is C14H24N2O4S. The van der Waals surface area contributed by atoms with Crippen LogP contribution >= 0.6 is 0 Å². The highest BCUT2D eigenvalue weighted by Crippen LogP contribution is 2.34. The van der Waals surface area contributed by atoms with Crippen LogP contribution in [0, 0.1) is 0 Å². The monoisotopic (exact) mass is 316 g/mol. The Hall–Kier alpha value is -1.31. The van der Waals surface area contributed by atoms with Crippen LogP contribution in [-0.4, -0.2) is 47.1 Å². The molecule has 0 spiro atoms. The zero-order chi connectivity index (χ0) is 16.2. The van der Waals surface area contributed by atoms with E-state index in [1.54, 1.807) is 6.07 Å². The van der Waals surface area contributed by atoms with E-state index in [-0.39, 0.29) is 10.9 Å². The molecule has 0 heterocycles. The number of sulfonamides is 1. The number of benzene rings is 1. The average Bonchev–Trinajstić information content (AvgIpc) is 2.43. The molecule has 6 nitrogen and oxygen atoms in total. The molecule has 1 aromatic rings. The molecule has 1 N–H and O–H groups in total. The molecule has 0 aliphatic carbocycles. The summed E-state index contributed by atoms with van der Waals surface area (Å²) in [7, 11) is 2.50. The molecule has 21 heavy (non-hydrogen) atoms. The van der Waals surface area contributed by atoms with E-state index >= 15 is 0 Å².